The second kappa shape index (κ2) is 4.80. The van der Waals surface area contributed by atoms with E-state index in [2.05, 4.69) is 15.9 Å². The molecule has 0 N–H and O–H groups in total. The van der Waals surface area contributed by atoms with Crippen molar-refractivity contribution in [1.29, 1.82) is 0 Å². The fourth-order valence-corrected chi connectivity index (χ4v) is 2.37. The second-order valence-corrected chi connectivity index (χ2v) is 6.80. The van der Waals surface area contributed by atoms with Crippen LogP contribution in [0.5, 0.6) is 0 Å². The molecule has 14 heavy (non-hydrogen) atoms. The summed E-state index contributed by atoms with van der Waals surface area (Å²) in [6.45, 7) is 1.91. The Morgan fingerprint density at radius 2 is 1.86 bits per heavy atom. The van der Waals surface area contributed by atoms with E-state index in [9.17, 15) is 0 Å². The van der Waals surface area contributed by atoms with E-state index in [0.717, 1.165) is 15.6 Å². The van der Waals surface area contributed by atoms with Crippen LogP contribution in [0.15, 0.2) is 16.6 Å². The van der Waals surface area contributed by atoms with Gasteiger partial charge in [-0.05, 0) is 30.2 Å². The van der Waals surface area contributed by atoms with Gasteiger partial charge in [-0.15, -0.1) is 0 Å². The van der Waals surface area contributed by atoms with Crippen LogP contribution in [0, 0.1) is 6.92 Å². The molecule has 0 aliphatic carbocycles. The second-order valence-electron chi connectivity index (χ2n) is 2.99. The quantitative estimate of drug-likeness (QED) is 0.608. The molecule has 0 saturated carbocycles. The summed E-state index contributed by atoms with van der Waals surface area (Å²) in [5, 5.41) is 0.652. The number of benzene rings is 1. The molecule has 0 amide bonds. The Morgan fingerprint density at radius 1 is 1.29 bits per heavy atom. The van der Waals surface area contributed by atoms with E-state index >= 15 is 0 Å². The summed E-state index contributed by atoms with van der Waals surface area (Å²) in [5.41, 5.74) is 1.80. The van der Waals surface area contributed by atoms with Gasteiger partial charge in [0.2, 0.25) is 0 Å². The minimum atomic E-state index is -1.31. The molecule has 0 saturated heterocycles. The van der Waals surface area contributed by atoms with Gasteiger partial charge in [0.15, 0.2) is 3.79 Å². The third kappa shape index (κ3) is 3.79. The lowest BCUT2D eigenvalue weighted by atomic mass is 10.1. The molecule has 0 spiro atoms. The van der Waals surface area contributed by atoms with Crippen molar-refractivity contribution in [2.75, 3.05) is 0 Å². The number of rotatable bonds is 1. The molecule has 1 aromatic rings. The molecule has 0 radical (unpaired) electrons. The predicted octanol–water partition coefficient (Wildman–Crippen LogP) is 5.32. The first kappa shape index (κ1) is 12.9. The molecular formula is C9H7BrCl4. The molecule has 5 heteroatoms. The highest BCUT2D eigenvalue weighted by atomic mass is 79.9. The number of halogens is 5. The van der Waals surface area contributed by atoms with Gasteiger partial charge in [0.25, 0.3) is 0 Å². The standard InChI is InChI=1S/C9H7BrCl4/c1-5-2-7(10)3-6(8(5)11)4-9(12,13)14/h2-3H,4H2,1H3. The zero-order chi connectivity index (χ0) is 10.9. The van der Waals surface area contributed by atoms with Gasteiger partial charge in [-0.25, -0.2) is 0 Å². The lowest BCUT2D eigenvalue weighted by Crippen LogP contribution is -2.07. The summed E-state index contributed by atoms with van der Waals surface area (Å²) in [6.07, 6.45) is 0.302. The third-order valence-electron chi connectivity index (χ3n) is 1.69. The Hall–Kier alpha value is 0.860. The molecule has 1 rings (SSSR count). The summed E-state index contributed by atoms with van der Waals surface area (Å²) < 4.78 is -0.375. The van der Waals surface area contributed by atoms with E-state index < -0.39 is 3.79 Å². The van der Waals surface area contributed by atoms with Gasteiger partial charge in [0, 0.05) is 15.9 Å². The molecule has 0 aliphatic heterocycles. The first-order valence-electron chi connectivity index (χ1n) is 3.81. The Bertz CT molecular complexity index is 343. The van der Waals surface area contributed by atoms with Crippen molar-refractivity contribution < 1.29 is 0 Å². The van der Waals surface area contributed by atoms with Crippen molar-refractivity contribution in [2.24, 2.45) is 0 Å². The van der Waals surface area contributed by atoms with E-state index in [4.69, 9.17) is 46.4 Å². The monoisotopic (exact) mass is 334 g/mol. The van der Waals surface area contributed by atoms with Crippen molar-refractivity contribution >= 4 is 62.3 Å². The Morgan fingerprint density at radius 3 is 2.36 bits per heavy atom. The smallest absolute Gasteiger partial charge is 0.0837 e. The Labute approximate surface area is 112 Å². The predicted molar refractivity (Wildman–Crippen MR) is 67.9 cm³/mol. The van der Waals surface area contributed by atoms with Gasteiger partial charge in [-0.3, -0.25) is 0 Å². The van der Waals surface area contributed by atoms with Crippen molar-refractivity contribution in [2.45, 2.75) is 17.1 Å². The SMILES string of the molecule is Cc1cc(Br)cc(CC(Cl)(Cl)Cl)c1Cl. The van der Waals surface area contributed by atoms with Gasteiger partial charge in [0.1, 0.15) is 0 Å². The van der Waals surface area contributed by atoms with Crippen LogP contribution in [0.1, 0.15) is 11.1 Å². The van der Waals surface area contributed by atoms with Crippen LogP contribution < -0.4 is 0 Å². The van der Waals surface area contributed by atoms with Gasteiger partial charge >= 0.3 is 0 Å². The van der Waals surface area contributed by atoms with Crippen LogP contribution in [0.4, 0.5) is 0 Å². The van der Waals surface area contributed by atoms with Crippen molar-refractivity contribution in [3.63, 3.8) is 0 Å². The highest BCUT2D eigenvalue weighted by Crippen LogP contribution is 2.35. The minimum absolute atomic E-state index is 0.302. The molecule has 0 fully saturated rings. The third-order valence-corrected chi connectivity index (χ3v) is 3.09. The highest BCUT2D eigenvalue weighted by Gasteiger charge is 2.22. The molecule has 78 valence electrons. The zero-order valence-corrected chi connectivity index (χ0v) is 11.9. The molecule has 0 atom stereocenters. The molecule has 0 heterocycles. The van der Waals surface area contributed by atoms with Crippen LogP contribution in [0.2, 0.25) is 5.02 Å². The molecule has 0 aliphatic rings. The molecule has 0 unspecified atom stereocenters. The molecule has 0 nitrogen and oxygen atoms in total. The first-order chi connectivity index (χ1) is 6.29. The van der Waals surface area contributed by atoms with E-state index in [0.29, 0.717) is 11.4 Å². The maximum Gasteiger partial charge on any atom is 0.194 e. The largest absolute Gasteiger partial charge is 0.194 e. The fourth-order valence-electron chi connectivity index (χ4n) is 1.14. The van der Waals surface area contributed by atoms with Crippen molar-refractivity contribution in [3.8, 4) is 0 Å². The van der Waals surface area contributed by atoms with Crippen LogP contribution in [-0.2, 0) is 6.42 Å². The fraction of sp³-hybridized carbons (Fsp3) is 0.333. The summed E-state index contributed by atoms with van der Waals surface area (Å²) >= 11 is 26.5. The first-order valence-corrected chi connectivity index (χ1v) is 6.11. The summed E-state index contributed by atoms with van der Waals surface area (Å²) in [6, 6.07) is 3.78. The number of hydrogen-bond donors (Lipinski definition) is 0. The van der Waals surface area contributed by atoms with Crippen LogP contribution in [0.25, 0.3) is 0 Å². The van der Waals surface area contributed by atoms with Crippen molar-refractivity contribution in [3.05, 3.63) is 32.8 Å². The van der Waals surface area contributed by atoms with Gasteiger partial charge in [0.05, 0.1) is 0 Å². The maximum atomic E-state index is 6.07. The summed E-state index contributed by atoms with van der Waals surface area (Å²) in [5.74, 6) is 0. The van der Waals surface area contributed by atoms with Gasteiger partial charge in [-0.1, -0.05) is 62.3 Å². The van der Waals surface area contributed by atoms with E-state index in [1.165, 1.54) is 0 Å². The topological polar surface area (TPSA) is 0 Å². The number of alkyl halides is 3. The maximum absolute atomic E-state index is 6.07. The Balaban J connectivity index is 3.09. The summed E-state index contributed by atoms with van der Waals surface area (Å²) in [4.78, 5) is 0. The lowest BCUT2D eigenvalue weighted by Gasteiger charge is -2.13. The van der Waals surface area contributed by atoms with Crippen LogP contribution >= 0.6 is 62.3 Å². The number of hydrogen-bond acceptors (Lipinski definition) is 0. The molecular weight excluding hydrogens is 330 g/mol. The lowest BCUT2D eigenvalue weighted by molar-refractivity contribution is 1.01. The van der Waals surface area contributed by atoms with Gasteiger partial charge < -0.3 is 0 Å². The van der Waals surface area contributed by atoms with Crippen molar-refractivity contribution in [1.82, 2.24) is 0 Å². The minimum Gasteiger partial charge on any atom is -0.0837 e. The average molecular weight is 337 g/mol. The molecule has 0 bridgehead atoms. The summed E-state index contributed by atoms with van der Waals surface area (Å²) in [7, 11) is 0. The zero-order valence-electron chi connectivity index (χ0n) is 7.25. The highest BCUT2D eigenvalue weighted by molar-refractivity contribution is 9.10. The van der Waals surface area contributed by atoms with E-state index in [1.54, 1.807) is 0 Å². The van der Waals surface area contributed by atoms with Gasteiger partial charge in [-0.2, -0.15) is 0 Å². The number of aryl methyl sites for hydroxylation is 1. The normalized spacial score (nSPS) is 11.9. The Kier molecular flexibility index (Phi) is 4.43. The molecule has 0 aromatic heterocycles. The average Bonchev–Trinajstić information content (AvgIpc) is 1.96. The van der Waals surface area contributed by atoms with Crippen LogP contribution in [0.3, 0.4) is 0 Å². The van der Waals surface area contributed by atoms with E-state index in [-0.39, 0.29) is 0 Å². The van der Waals surface area contributed by atoms with Crippen LogP contribution in [-0.4, -0.2) is 3.79 Å². The molecule has 1 aromatic carbocycles. The van der Waals surface area contributed by atoms with E-state index in [1.807, 2.05) is 19.1 Å².